The SMILES string of the molecule is Fc1ccc([Se]c2c(-c3ccccc3)noc2-c2ccccc2)cc1. The van der Waals surface area contributed by atoms with Crippen LogP contribution in [0.3, 0.4) is 0 Å². The van der Waals surface area contributed by atoms with E-state index in [1.54, 1.807) is 0 Å². The molecule has 0 saturated carbocycles. The maximum atomic E-state index is 13.2. The normalized spacial score (nSPS) is 10.8. The number of halogens is 1. The first-order chi connectivity index (χ1) is 12.3. The second kappa shape index (κ2) is 7.06. The number of rotatable bonds is 4. The van der Waals surface area contributed by atoms with Crippen LogP contribution in [0.5, 0.6) is 0 Å². The van der Waals surface area contributed by atoms with Gasteiger partial charge in [0.05, 0.1) is 0 Å². The van der Waals surface area contributed by atoms with Gasteiger partial charge in [0, 0.05) is 0 Å². The zero-order valence-electron chi connectivity index (χ0n) is 13.2. The molecule has 4 aromatic rings. The van der Waals surface area contributed by atoms with Crippen molar-refractivity contribution in [2.75, 3.05) is 0 Å². The van der Waals surface area contributed by atoms with Crippen molar-refractivity contribution in [3.8, 4) is 22.6 Å². The molecule has 0 atom stereocenters. The summed E-state index contributed by atoms with van der Waals surface area (Å²) in [7, 11) is 0. The van der Waals surface area contributed by atoms with Gasteiger partial charge in [-0.1, -0.05) is 0 Å². The van der Waals surface area contributed by atoms with Gasteiger partial charge in [-0.25, -0.2) is 0 Å². The summed E-state index contributed by atoms with van der Waals surface area (Å²) in [6.45, 7) is 0. The maximum absolute atomic E-state index is 13.2. The third-order valence-corrected chi connectivity index (χ3v) is 6.05. The molecule has 4 rings (SSSR count). The fourth-order valence-electron chi connectivity index (χ4n) is 2.55. The average molecular weight is 394 g/mol. The molecular formula is C21H14FNOSe. The summed E-state index contributed by atoms with van der Waals surface area (Å²) in [5.74, 6) is 0.556. The number of aromatic nitrogens is 1. The molecule has 1 heterocycles. The van der Waals surface area contributed by atoms with E-state index in [-0.39, 0.29) is 20.8 Å². The zero-order valence-corrected chi connectivity index (χ0v) is 14.9. The van der Waals surface area contributed by atoms with Crippen molar-refractivity contribution >= 4 is 23.9 Å². The molecule has 0 aliphatic carbocycles. The van der Waals surface area contributed by atoms with Gasteiger partial charge in [-0.2, -0.15) is 0 Å². The second-order valence-electron chi connectivity index (χ2n) is 5.48. The molecule has 0 saturated heterocycles. The van der Waals surface area contributed by atoms with Gasteiger partial charge in [-0.05, 0) is 0 Å². The van der Waals surface area contributed by atoms with Crippen molar-refractivity contribution < 1.29 is 8.91 Å². The van der Waals surface area contributed by atoms with Gasteiger partial charge in [0.25, 0.3) is 0 Å². The Bertz CT molecular complexity index is 909. The number of benzene rings is 3. The van der Waals surface area contributed by atoms with Crippen molar-refractivity contribution in [2.24, 2.45) is 0 Å². The molecular weight excluding hydrogens is 380 g/mol. The van der Waals surface area contributed by atoms with Gasteiger partial charge < -0.3 is 0 Å². The van der Waals surface area contributed by atoms with Crippen molar-refractivity contribution in [3.63, 3.8) is 0 Å². The van der Waals surface area contributed by atoms with Gasteiger partial charge in [0.15, 0.2) is 0 Å². The topological polar surface area (TPSA) is 26.0 Å². The van der Waals surface area contributed by atoms with Crippen LogP contribution < -0.4 is 8.92 Å². The Labute approximate surface area is 151 Å². The molecule has 0 spiro atoms. The molecule has 0 bridgehead atoms. The quantitative estimate of drug-likeness (QED) is 0.492. The molecule has 0 aliphatic rings. The average Bonchev–Trinajstić information content (AvgIpc) is 3.08. The van der Waals surface area contributed by atoms with Gasteiger partial charge in [-0.3, -0.25) is 0 Å². The van der Waals surface area contributed by atoms with Crippen LogP contribution >= 0.6 is 0 Å². The summed E-state index contributed by atoms with van der Waals surface area (Å²) < 4.78 is 21.1. The number of hydrogen-bond donors (Lipinski definition) is 0. The Morgan fingerprint density at radius 3 is 1.96 bits per heavy atom. The molecule has 0 N–H and O–H groups in total. The summed E-state index contributed by atoms with van der Waals surface area (Å²) in [5.41, 5.74) is 2.87. The van der Waals surface area contributed by atoms with E-state index in [9.17, 15) is 4.39 Å². The van der Waals surface area contributed by atoms with Crippen LogP contribution in [0.25, 0.3) is 22.6 Å². The Morgan fingerprint density at radius 1 is 0.720 bits per heavy atom. The van der Waals surface area contributed by atoms with Crippen molar-refractivity contribution in [1.29, 1.82) is 0 Å². The van der Waals surface area contributed by atoms with Crippen LogP contribution in [0.4, 0.5) is 4.39 Å². The van der Waals surface area contributed by atoms with E-state index >= 15 is 0 Å². The van der Waals surface area contributed by atoms with E-state index in [4.69, 9.17) is 4.52 Å². The molecule has 3 aromatic carbocycles. The monoisotopic (exact) mass is 395 g/mol. The van der Waals surface area contributed by atoms with E-state index in [1.807, 2.05) is 72.8 Å². The summed E-state index contributed by atoms with van der Waals surface area (Å²) >= 11 is -0.0515. The molecule has 2 nitrogen and oxygen atoms in total. The van der Waals surface area contributed by atoms with E-state index < -0.39 is 0 Å². The van der Waals surface area contributed by atoms with Crippen LogP contribution in [-0.2, 0) is 0 Å². The third kappa shape index (κ3) is 3.41. The first kappa shape index (κ1) is 15.8. The molecule has 0 fully saturated rings. The molecule has 1 aromatic heterocycles. The van der Waals surface area contributed by atoms with Crippen molar-refractivity contribution in [2.45, 2.75) is 0 Å². The van der Waals surface area contributed by atoms with E-state index in [2.05, 4.69) is 5.16 Å². The minimum atomic E-state index is -0.226. The Kier molecular flexibility index (Phi) is 4.47. The molecule has 0 radical (unpaired) electrons. The summed E-state index contributed by atoms with van der Waals surface area (Å²) in [6, 6.07) is 26.6. The van der Waals surface area contributed by atoms with Gasteiger partial charge in [-0.15, -0.1) is 0 Å². The molecule has 25 heavy (non-hydrogen) atoms. The Balaban J connectivity index is 1.83. The van der Waals surface area contributed by atoms with Crippen LogP contribution in [0, 0.1) is 5.82 Å². The molecule has 4 heteroatoms. The molecule has 0 aliphatic heterocycles. The number of nitrogens with zero attached hydrogens (tertiary/aromatic N) is 1. The minimum absolute atomic E-state index is 0.0515. The van der Waals surface area contributed by atoms with E-state index in [0.717, 1.165) is 31.5 Å². The fourth-order valence-corrected chi connectivity index (χ4v) is 4.66. The molecule has 122 valence electrons. The fraction of sp³-hybridized carbons (Fsp3) is 0. The Morgan fingerprint density at radius 2 is 1.32 bits per heavy atom. The summed E-state index contributed by atoms with van der Waals surface area (Å²) in [4.78, 5) is 0. The van der Waals surface area contributed by atoms with Gasteiger partial charge in [0.1, 0.15) is 0 Å². The summed E-state index contributed by atoms with van der Waals surface area (Å²) in [5, 5.41) is 4.34. The number of hydrogen-bond acceptors (Lipinski definition) is 2. The van der Waals surface area contributed by atoms with E-state index in [1.165, 1.54) is 12.1 Å². The predicted octanol–water partition coefficient (Wildman–Crippen LogP) is 3.80. The van der Waals surface area contributed by atoms with Crippen molar-refractivity contribution in [1.82, 2.24) is 5.16 Å². The van der Waals surface area contributed by atoms with Gasteiger partial charge >= 0.3 is 151 Å². The van der Waals surface area contributed by atoms with Crippen LogP contribution in [0.15, 0.2) is 89.5 Å². The molecule has 0 amide bonds. The van der Waals surface area contributed by atoms with Gasteiger partial charge in [0.2, 0.25) is 0 Å². The second-order valence-corrected chi connectivity index (χ2v) is 7.75. The van der Waals surface area contributed by atoms with Crippen LogP contribution in [-0.4, -0.2) is 20.1 Å². The third-order valence-electron chi connectivity index (χ3n) is 3.77. The first-order valence-corrected chi connectivity index (χ1v) is 9.56. The molecule has 0 unspecified atom stereocenters. The summed E-state index contributed by atoms with van der Waals surface area (Å²) in [6.07, 6.45) is 0. The van der Waals surface area contributed by atoms with Crippen LogP contribution in [0.1, 0.15) is 0 Å². The van der Waals surface area contributed by atoms with Crippen molar-refractivity contribution in [3.05, 3.63) is 90.7 Å². The Hall–Kier alpha value is -2.68. The first-order valence-electron chi connectivity index (χ1n) is 7.85. The zero-order chi connectivity index (χ0) is 17.1. The standard InChI is InChI=1S/C21H14FNOSe/c22-17-11-13-18(14-12-17)25-21-19(15-7-3-1-4-8-15)23-24-20(21)16-9-5-2-6-10-16/h1-14H. The van der Waals surface area contributed by atoms with Crippen LogP contribution in [0.2, 0.25) is 0 Å². The predicted molar refractivity (Wildman–Crippen MR) is 98.8 cm³/mol. The van der Waals surface area contributed by atoms with E-state index in [0.29, 0.717) is 0 Å².